The normalized spacial score (nSPS) is 29.0. The summed E-state index contributed by atoms with van der Waals surface area (Å²) in [5.41, 5.74) is 5.45. The van der Waals surface area contributed by atoms with Crippen molar-refractivity contribution in [2.75, 3.05) is 12.3 Å². The Kier molecular flexibility index (Phi) is 2.18. The van der Waals surface area contributed by atoms with Gasteiger partial charge in [-0.05, 0) is 25.3 Å². The summed E-state index contributed by atoms with van der Waals surface area (Å²) in [5, 5.41) is 10.1. The second-order valence-electron chi connectivity index (χ2n) is 3.63. The SMILES string of the molecule is CC1CCCNC1c1nc(N)n[nH]1. The highest BCUT2D eigenvalue weighted by Crippen LogP contribution is 2.26. The molecule has 0 radical (unpaired) electrons. The van der Waals surface area contributed by atoms with Crippen LogP contribution in [-0.2, 0) is 0 Å². The Morgan fingerprint density at radius 1 is 1.54 bits per heavy atom. The number of piperidine rings is 1. The number of hydrogen-bond acceptors (Lipinski definition) is 4. The van der Waals surface area contributed by atoms with Crippen molar-refractivity contribution in [1.29, 1.82) is 0 Å². The van der Waals surface area contributed by atoms with E-state index in [1.54, 1.807) is 0 Å². The lowest BCUT2D eigenvalue weighted by atomic mass is 9.92. The van der Waals surface area contributed by atoms with Crippen molar-refractivity contribution in [2.45, 2.75) is 25.8 Å². The van der Waals surface area contributed by atoms with Gasteiger partial charge < -0.3 is 11.1 Å². The van der Waals surface area contributed by atoms with Gasteiger partial charge in [-0.25, -0.2) is 0 Å². The van der Waals surface area contributed by atoms with E-state index in [-0.39, 0.29) is 0 Å². The van der Waals surface area contributed by atoms with Gasteiger partial charge in [0.2, 0.25) is 5.95 Å². The van der Waals surface area contributed by atoms with Gasteiger partial charge in [-0.2, -0.15) is 4.98 Å². The third-order valence-corrected chi connectivity index (χ3v) is 2.58. The van der Waals surface area contributed by atoms with Crippen LogP contribution in [0.25, 0.3) is 0 Å². The molecule has 2 rings (SSSR count). The highest BCUT2D eigenvalue weighted by atomic mass is 15.3. The fourth-order valence-corrected chi connectivity index (χ4v) is 1.84. The lowest BCUT2D eigenvalue weighted by Crippen LogP contribution is -2.33. The van der Waals surface area contributed by atoms with Gasteiger partial charge in [-0.1, -0.05) is 6.92 Å². The molecule has 0 bridgehead atoms. The number of nitrogens with two attached hydrogens (primary N) is 1. The van der Waals surface area contributed by atoms with E-state index in [4.69, 9.17) is 5.73 Å². The van der Waals surface area contributed by atoms with Crippen molar-refractivity contribution in [3.8, 4) is 0 Å². The summed E-state index contributed by atoms with van der Waals surface area (Å²) in [4.78, 5) is 4.13. The van der Waals surface area contributed by atoms with Crippen molar-refractivity contribution in [3.05, 3.63) is 5.82 Å². The monoisotopic (exact) mass is 181 g/mol. The minimum absolute atomic E-state index is 0.290. The summed E-state index contributed by atoms with van der Waals surface area (Å²) in [7, 11) is 0. The van der Waals surface area contributed by atoms with Crippen LogP contribution in [0.5, 0.6) is 0 Å². The van der Waals surface area contributed by atoms with Gasteiger partial charge >= 0.3 is 0 Å². The van der Waals surface area contributed by atoms with Crippen LogP contribution >= 0.6 is 0 Å². The van der Waals surface area contributed by atoms with Crippen molar-refractivity contribution < 1.29 is 0 Å². The molecular formula is C8H15N5. The first-order valence-corrected chi connectivity index (χ1v) is 4.68. The first-order chi connectivity index (χ1) is 6.27. The van der Waals surface area contributed by atoms with Crippen LogP contribution < -0.4 is 11.1 Å². The fourth-order valence-electron chi connectivity index (χ4n) is 1.84. The summed E-state index contributed by atoms with van der Waals surface area (Å²) in [6.45, 7) is 3.27. The van der Waals surface area contributed by atoms with Gasteiger partial charge in [0.15, 0.2) is 0 Å². The number of nitrogen functional groups attached to an aromatic ring is 1. The van der Waals surface area contributed by atoms with Crippen molar-refractivity contribution >= 4 is 5.95 Å². The first kappa shape index (κ1) is 8.50. The average Bonchev–Trinajstić information content (AvgIpc) is 2.53. The van der Waals surface area contributed by atoms with E-state index in [9.17, 15) is 0 Å². The Bertz CT molecular complexity index is 282. The summed E-state index contributed by atoms with van der Waals surface area (Å²) in [6, 6.07) is 0.290. The molecule has 0 saturated carbocycles. The molecule has 13 heavy (non-hydrogen) atoms. The van der Waals surface area contributed by atoms with Crippen molar-refractivity contribution in [3.63, 3.8) is 0 Å². The Hall–Kier alpha value is -1.10. The molecule has 0 aromatic carbocycles. The Morgan fingerprint density at radius 3 is 3.00 bits per heavy atom. The van der Waals surface area contributed by atoms with E-state index < -0.39 is 0 Å². The first-order valence-electron chi connectivity index (χ1n) is 4.68. The van der Waals surface area contributed by atoms with Gasteiger partial charge in [-0.15, -0.1) is 5.10 Å². The van der Waals surface area contributed by atoms with E-state index in [0.29, 0.717) is 17.9 Å². The number of anilines is 1. The van der Waals surface area contributed by atoms with Gasteiger partial charge in [0, 0.05) is 0 Å². The standard InChI is InChI=1S/C8H15N5/c1-5-3-2-4-10-6(5)7-11-8(9)13-12-7/h5-6,10H,2-4H2,1H3,(H3,9,11,12,13). The zero-order valence-corrected chi connectivity index (χ0v) is 7.75. The molecule has 1 aliphatic rings. The van der Waals surface area contributed by atoms with Gasteiger partial charge in [-0.3, -0.25) is 5.10 Å². The average molecular weight is 181 g/mol. The molecule has 2 unspecified atom stereocenters. The molecule has 5 heteroatoms. The van der Waals surface area contributed by atoms with Crippen LogP contribution in [0.3, 0.4) is 0 Å². The molecule has 5 nitrogen and oxygen atoms in total. The molecule has 1 saturated heterocycles. The predicted molar refractivity (Wildman–Crippen MR) is 49.9 cm³/mol. The molecule has 72 valence electrons. The molecule has 4 N–H and O–H groups in total. The molecule has 0 amide bonds. The molecule has 0 aliphatic carbocycles. The molecule has 0 spiro atoms. The topological polar surface area (TPSA) is 79.6 Å². The molecular weight excluding hydrogens is 166 g/mol. The summed E-state index contributed by atoms with van der Waals surface area (Å²) >= 11 is 0. The minimum atomic E-state index is 0.290. The van der Waals surface area contributed by atoms with E-state index in [0.717, 1.165) is 12.4 Å². The second kappa shape index (κ2) is 3.33. The quantitative estimate of drug-likeness (QED) is 0.587. The number of H-pyrrole nitrogens is 1. The minimum Gasteiger partial charge on any atom is -0.367 e. The van der Waals surface area contributed by atoms with E-state index in [2.05, 4.69) is 27.4 Å². The number of rotatable bonds is 1. The molecule has 2 atom stereocenters. The zero-order valence-electron chi connectivity index (χ0n) is 7.75. The maximum atomic E-state index is 5.45. The van der Waals surface area contributed by atoms with Gasteiger partial charge in [0.1, 0.15) is 5.82 Å². The lowest BCUT2D eigenvalue weighted by molar-refractivity contribution is 0.295. The largest absolute Gasteiger partial charge is 0.367 e. The Morgan fingerprint density at radius 2 is 2.38 bits per heavy atom. The van der Waals surface area contributed by atoms with Crippen LogP contribution in [0.2, 0.25) is 0 Å². The van der Waals surface area contributed by atoms with Crippen LogP contribution in [0.4, 0.5) is 5.95 Å². The molecule has 1 fully saturated rings. The lowest BCUT2D eigenvalue weighted by Gasteiger charge is -2.27. The molecule has 2 heterocycles. The van der Waals surface area contributed by atoms with Crippen LogP contribution in [-0.4, -0.2) is 21.7 Å². The Balaban J connectivity index is 2.14. The summed E-state index contributed by atoms with van der Waals surface area (Å²) in [6.07, 6.45) is 2.47. The van der Waals surface area contributed by atoms with Crippen molar-refractivity contribution in [2.24, 2.45) is 5.92 Å². The number of aromatic amines is 1. The third-order valence-electron chi connectivity index (χ3n) is 2.58. The smallest absolute Gasteiger partial charge is 0.239 e. The van der Waals surface area contributed by atoms with Crippen LogP contribution in [0.1, 0.15) is 31.6 Å². The highest BCUT2D eigenvalue weighted by molar-refractivity contribution is 5.14. The van der Waals surface area contributed by atoms with Crippen LogP contribution in [0, 0.1) is 5.92 Å². The van der Waals surface area contributed by atoms with Crippen molar-refractivity contribution in [1.82, 2.24) is 20.5 Å². The fraction of sp³-hybridized carbons (Fsp3) is 0.750. The number of nitrogens with one attached hydrogen (secondary N) is 2. The zero-order chi connectivity index (χ0) is 9.26. The van der Waals surface area contributed by atoms with Gasteiger partial charge in [0.25, 0.3) is 0 Å². The molecule has 1 aliphatic heterocycles. The second-order valence-corrected chi connectivity index (χ2v) is 3.63. The third kappa shape index (κ3) is 1.65. The van der Waals surface area contributed by atoms with E-state index >= 15 is 0 Å². The van der Waals surface area contributed by atoms with E-state index in [1.807, 2.05) is 0 Å². The maximum Gasteiger partial charge on any atom is 0.239 e. The maximum absolute atomic E-state index is 5.45. The number of nitrogens with zero attached hydrogens (tertiary/aromatic N) is 2. The van der Waals surface area contributed by atoms with Gasteiger partial charge in [0.05, 0.1) is 6.04 Å². The summed E-state index contributed by atoms with van der Waals surface area (Å²) < 4.78 is 0. The molecule has 1 aromatic rings. The molecule has 1 aromatic heterocycles. The highest BCUT2D eigenvalue weighted by Gasteiger charge is 2.24. The van der Waals surface area contributed by atoms with Crippen LogP contribution in [0.15, 0.2) is 0 Å². The number of aromatic nitrogens is 3. The van der Waals surface area contributed by atoms with E-state index in [1.165, 1.54) is 12.8 Å². The Labute approximate surface area is 77.1 Å². The number of hydrogen-bond donors (Lipinski definition) is 3. The predicted octanol–water partition coefficient (Wildman–Crippen LogP) is 0.447. The summed E-state index contributed by atoms with van der Waals surface area (Å²) in [5.74, 6) is 1.79.